The van der Waals surface area contributed by atoms with Crippen molar-refractivity contribution in [3.05, 3.63) is 28.3 Å². The molecule has 8 heteroatoms. The van der Waals surface area contributed by atoms with Crippen molar-refractivity contribution in [1.29, 1.82) is 0 Å². The molecule has 0 fully saturated rings. The molecule has 1 rings (SSSR count). The Morgan fingerprint density at radius 3 is 3.06 bits per heavy atom. The fourth-order valence-corrected chi connectivity index (χ4v) is 1.60. The minimum absolute atomic E-state index is 0.180. The number of hydrogen-bond acceptors (Lipinski definition) is 5. The van der Waals surface area contributed by atoms with Crippen LogP contribution in [-0.2, 0) is 0 Å². The molecule has 1 unspecified atom stereocenters. The average Bonchev–Trinajstić information content (AvgIpc) is 2.73. The summed E-state index contributed by atoms with van der Waals surface area (Å²) in [5.74, 6) is -0.117. The number of aromatic nitrogens is 2. The van der Waals surface area contributed by atoms with Crippen LogP contribution in [0.2, 0.25) is 0 Å². The molecule has 0 spiro atoms. The Balaban J connectivity index is 2.70. The predicted octanol–water partition coefficient (Wildman–Crippen LogP) is -0.0167. The Morgan fingerprint density at radius 2 is 2.50 bits per heavy atom. The first-order chi connectivity index (χ1) is 7.70. The van der Waals surface area contributed by atoms with Crippen molar-refractivity contribution >= 4 is 15.9 Å². The van der Waals surface area contributed by atoms with Gasteiger partial charge in [-0.2, -0.15) is 0 Å². The van der Waals surface area contributed by atoms with Gasteiger partial charge in [0.1, 0.15) is 0 Å². The van der Waals surface area contributed by atoms with Crippen molar-refractivity contribution in [3.8, 4) is 0 Å². The molecule has 0 aromatic carbocycles. The van der Waals surface area contributed by atoms with Crippen LogP contribution >= 0.6 is 15.9 Å². The molecule has 0 aliphatic heterocycles. The van der Waals surface area contributed by atoms with Gasteiger partial charge in [0.05, 0.1) is 24.9 Å². The maximum Gasteiger partial charge on any atom is 0.182 e. The molecule has 0 saturated heterocycles. The SMILES string of the molecule is O=[N+]([O-])n1ccnc1C(CO)CNCCBr. The molecule has 1 heterocycles. The molecule has 16 heavy (non-hydrogen) atoms. The van der Waals surface area contributed by atoms with Gasteiger partial charge in [0.2, 0.25) is 0 Å². The number of aliphatic hydroxyl groups is 1. The second-order valence-corrected chi connectivity index (χ2v) is 3.93. The summed E-state index contributed by atoms with van der Waals surface area (Å²) in [6.07, 6.45) is 2.62. The Morgan fingerprint density at radius 1 is 1.75 bits per heavy atom. The lowest BCUT2D eigenvalue weighted by molar-refractivity contribution is -0.544. The van der Waals surface area contributed by atoms with Crippen LogP contribution in [0.25, 0.3) is 0 Å². The number of alkyl halides is 1. The van der Waals surface area contributed by atoms with Gasteiger partial charge in [0, 0.05) is 18.4 Å². The lowest BCUT2D eigenvalue weighted by Crippen LogP contribution is -2.28. The largest absolute Gasteiger partial charge is 0.396 e. The number of rotatable bonds is 7. The Labute approximate surface area is 101 Å². The summed E-state index contributed by atoms with van der Waals surface area (Å²) in [7, 11) is 0. The molecule has 0 aliphatic rings. The highest BCUT2D eigenvalue weighted by molar-refractivity contribution is 9.09. The third kappa shape index (κ3) is 3.26. The Bertz CT molecular complexity index is 344. The van der Waals surface area contributed by atoms with E-state index in [2.05, 4.69) is 26.2 Å². The van der Waals surface area contributed by atoms with Crippen LogP contribution in [0.3, 0.4) is 0 Å². The maximum atomic E-state index is 10.7. The molecule has 1 atom stereocenters. The van der Waals surface area contributed by atoms with E-state index >= 15 is 0 Å². The minimum Gasteiger partial charge on any atom is -0.396 e. The van der Waals surface area contributed by atoms with Gasteiger partial charge >= 0.3 is 0 Å². The Kier molecular flexibility index (Phi) is 5.36. The second kappa shape index (κ2) is 6.56. The van der Waals surface area contributed by atoms with Crippen molar-refractivity contribution in [2.75, 3.05) is 25.0 Å². The fourth-order valence-electron chi connectivity index (χ4n) is 1.32. The number of aliphatic hydroxyl groups excluding tert-OH is 1. The highest BCUT2D eigenvalue weighted by atomic mass is 79.9. The van der Waals surface area contributed by atoms with Gasteiger partial charge in [-0.3, -0.25) is 0 Å². The van der Waals surface area contributed by atoms with E-state index in [4.69, 9.17) is 0 Å². The Hall–Kier alpha value is -0.990. The first-order valence-electron chi connectivity index (χ1n) is 4.76. The van der Waals surface area contributed by atoms with Gasteiger partial charge in [-0.05, 0) is 0 Å². The second-order valence-electron chi connectivity index (χ2n) is 3.14. The highest BCUT2D eigenvalue weighted by Crippen LogP contribution is 2.11. The summed E-state index contributed by atoms with van der Waals surface area (Å²) >= 11 is 3.25. The summed E-state index contributed by atoms with van der Waals surface area (Å²) in [5, 5.41) is 23.1. The fraction of sp³-hybridized carbons (Fsp3) is 0.625. The number of imidazole rings is 1. The van der Waals surface area contributed by atoms with Crippen molar-refractivity contribution in [2.24, 2.45) is 0 Å². The van der Waals surface area contributed by atoms with Crippen molar-refractivity contribution in [2.45, 2.75) is 5.92 Å². The van der Waals surface area contributed by atoms with Gasteiger partial charge in [-0.1, -0.05) is 20.6 Å². The number of nitrogens with one attached hydrogen (secondary N) is 1. The topological polar surface area (TPSA) is 93.2 Å². The van der Waals surface area contributed by atoms with E-state index in [1.807, 2.05) is 0 Å². The molecule has 1 aromatic heterocycles. The third-order valence-corrected chi connectivity index (χ3v) is 2.47. The van der Waals surface area contributed by atoms with E-state index in [1.54, 1.807) is 0 Å². The summed E-state index contributed by atoms with van der Waals surface area (Å²) in [6, 6.07) is 0. The van der Waals surface area contributed by atoms with E-state index in [-0.39, 0.29) is 18.3 Å². The van der Waals surface area contributed by atoms with Crippen molar-refractivity contribution in [1.82, 2.24) is 15.0 Å². The number of nitro groups is 1. The molecule has 1 aromatic rings. The van der Waals surface area contributed by atoms with Crippen LogP contribution in [-0.4, -0.2) is 44.8 Å². The van der Waals surface area contributed by atoms with Crippen LogP contribution in [0.4, 0.5) is 0 Å². The van der Waals surface area contributed by atoms with Gasteiger partial charge in [0.25, 0.3) is 0 Å². The molecular formula is C8H13BrN4O3. The van der Waals surface area contributed by atoms with Gasteiger partial charge in [-0.15, -0.1) is 0 Å². The van der Waals surface area contributed by atoms with E-state index in [1.165, 1.54) is 12.4 Å². The van der Waals surface area contributed by atoms with E-state index in [9.17, 15) is 15.2 Å². The van der Waals surface area contributed by atoms with Crippen LogP contribution in [0.15, 0.2) is 12.4 Å². The first kappa shape index (κ1) is 13.1. The van der Waals surface area contributed by atoms with Crippen LogP contribution in [0.5, 0.6) is 0 Å². The zero-order chi connectivity index (χ0) is 12.0. The molecule has 0 aliphatic carbocycles. The monoisotopic (exact) mass is 292 g/mol. The molecule has 90 valence electrons. The van der Waals surface area contributed by atoms with Crippen LogP contribution in [0.1, 0.15) is 11.7 Å². The molecule has 2 N–H and O–H groups in total. The summed E-state index contributed by atoms with van der Waals surface area (Å²) in [5.41, 5.74) is 0. The molecular weight excluding hydrogens is 280 g/mol. The van der Waals surface area contributed by atoms with Gasteiger partial charge in [0.15, 0.2) is 10.9 Å². The van der Waals surface area contributed by atoms with Crippen LogP contribution in [0, 0.1) is 10.1 Å². The lowest BCUT2D eigenvalue weighted by Gasteiger charge is -2.12. The quantitative estimate of drug-likeness (QED) is 0.319. The smallest absolute Gasteiger partial charge is 0.182 e. The molecule has 0 saturated carbocycles. The molecule has 0 amide bonds. The average molecular weight is 293 g/mol. The maximum absolute atomic E-state index is 10.7. The van der Waals surface area contributed by atoms with Gasteiger partial charge < -0.3 is 10.4 Å². The zero-order valence-corrected chi connectivity index (χ0v) is 10.1. The van der Waals surface area contributed by atoms with E-state index in [0.717, 1.165) is 16.6 Å². The highest BCUT2D eigenvalue weighted by Gasteiger charge is 2.20. The van der Waals surface area contributed by atoms with Crippen molar-refractivity contribution in [3.63, 3.8) is 0 Å². The molecule has 7 nitrogen and oxygen atoms in total. The molecule has 0 radical (unpaired) electrons. The van der Waals surface area contributed by atoms with Crippen molar-refractivity contribution < 1.29 is 10.1 Å². The van der Waals surface area contributed by atoms with E-state index in [0.29, 0.717) is 6.54 Å². The summed E-state index contributed by atoms with van der Waals surface area (Å²) < 4.78 is 0.830. The minimum atomic E-state index is -0.560. The number of hydrogen-bond donors (Lipinski definition) is 2. The van der Waals surface area contributed by atoms with Crippen LogP contribution < -0.4 is 5.32 Å². The number of nitrogens with zero attached hydrogens (tertiary/aromatic N) is 3. The summed E-state index contributed by atoms with van der Waals surface area (Å²) in [4.78, 5) is 14.5. The zero-order valence-electron chi connectivity index (χ0n) is 8.54. The first-order valence-corrected chi connectivity index (χ1v) is 5.88. The third-order valence-electron chi connectivity index (χ3n) is 2.07. The summed E-state index contributed by atoms with van der Waals surface area (Å²) in [6.45, 7) is 1.00. The predicted molar refractivity (Wildman–Crippen MR) is 61.1 cm³/mol. The number of halogens is 1. The lowest BCUT2D eigenvalue weighted by atomic mass is 10.1. The van der Waals surface area contributed by atoms with Gasteiger partial charge in [-0.25, -0.2) is 15.1 Å². The van der Waals surface area contributed by atoms with E-state index < -0.39 is 5.03 Å². The molecule has 0 bridgehead atoms. The standard InChI is InChI=1S/C8H13BrN4O3/c9-1-2-10-5-7(6-14)8-11-3-4-12(8)13(15)16/h3-4,7,10,14H,1-2,5-6H2. The normalized spacial score (nSPS) is 12.6.